The molecule has 0 radical (unpaired) electrons. The molecular formula is C13H27N3O3S. The molecule has 0 saturated carbocycles. The second-order valence-electron chi connectivity index (χ2n) is 5.72. The lowest BCUT2D eigenvalue weighted by atomic mass is 10.1. The van der Waals surface area contributed by atoms with E-state index in [1.54, 1.807) is 8.61 Å². The number of piperidine rings is 2. The van der Waals surface area contributed by atoms with Gasteiger partial charge in [0.25, 0.3) is 10.2 Å². The summed E-state index contributed by atoms with van der Waals surface area (Å²) in [6.45, 7) is 4.85. The summed E-state index contributed by atoms with van der Waals surface area (Å²) in [6, 6.07) is 0.125. The van der Waals surface area contributed by atoms with Crippen LogP contribution in [0.15, 0.2) is 0 Å². The van der Waals surface area contributed by atoms with Crippen molar-refractivity contribution in [3.8, 4) is 0 Å². The first kappa shape index (κ1) is 16.2. The summed E-state index contributed by atoms with van der Waals surface area (Å²) in [4.78, 5) is 0. The second kappa shape index (κ2) is 7.17. The summed E-state index contributed by atoms with van der Waals surface area (Å²) in [5, 5.41) is 0. The van der Waals surface area contributed by atoms with E-state index in [-0.39, 0.29) is 12.1 Å². The first-order valence-corrected chi connectivity index (χ1v) is 9.04. The molecule has 1 atom stereocenters. The smallest absolute Gasteiger partial charge is 0.282 e. The quantitative estimate of drug-likeness (QED) is 0.804. The number of nitrogens with zero attached hydrogens (tertiary/aromatic N) is 2. The molecule has 0 amide bonds. The molecule has 2 rings (SSSR count). The predicted octanol–water partition coefficient (Wildman–Crippen LogP) is 0.545. The third-order valence-electron chi connectivity index (χ3n) is 4.24. The number of rotatable bonds is 5. The lowest BCUT2D eigenvalue weighted by Gasteiger charge is -2.38. The van der Waals surface area contributed by atoms with Crippen LogP contribution in [0.5, 0.6) is 0 Å². The highest BCUT2D eigenvalue weighted by Crippen LogP contribution is 2.25. The molecule has 2 aliphatic rings. The fraction of sp³-hybridized carbons (Fsp3) is 1.00. The maximum Gasteiger partial charge on any atom is 0.282 e. The SMILES string of the molecule is CC1CCCCN1S(=O)(=O)N1CCC(OCCN)CC1. The van der Waals surface area contributed by atoms with Crippen LogP contribution in [0.25, 0.3) is 0 Å². The number of hydrogen-bond acceptors (Lipinski definition) is 4. The van der Waals surface area contributed by atoms with Crippen molar-refractivity contribution in [1.82, 2.24) is 8.61 Å². The number of hydrogen-bond donors (Lipinski definition) is 1. The maximum atomic E-state index is 12.7. The molecule has 6 nitrogen and oxygen atoms in total. The largest absolute Gasteiger partial charge is 0.377 e. The van der Waals surface area contributed by atoms with Crippen LogP contribution in [-0.4, -0.2) is 62.0 Å². The average molecular weight is 305 g/mol. The summed E-state index contributed by atoms with van der Waals surface area (Å²) in [5.74, 6) is 0. The zero-order valence-electron chi connectivity index (χ0n) is 12.3. The molecule has 2 aliphatic heterocycles. The molecule has 2 fully saturated rings. The Morgan fingerprint density at radius 3 is 2.45 bits per heavy atom. The molecule has 0 bridgehead atoms. The van der Waals surface area contributed by atoms with Crippen LogP contribution in [-0.2, 0) is 14.9 Å². The van der Waals surface area contributed by atoms with Crippen molar-refractivity contribution in [2.45, 2.75) is 51.2 Å². The molecule has 0 aromatic heterocycles. The molecule has 2 saturated heterocycles. The summed E-state index contributed by atoms with van der Waals surface area (Å²) in [6.07, 6.45) is 4.75. The molecule has 0 aromatic carbocycles. The van der Waals surface area contributed by atoms with E-state index in [0.717, 1.165) is 32.1 Å². The Labute approximate surface area is 122 Å². The maximum absolute atomic E-state index is 12.7. The Balaban J connectivity index is 1.91. The fourth-order valence-corrected chi connectivity index (χ4v) is 4.92. The van der Waals surface area contributed by atoms with Gasteiger partial charge in [-0.15, -0.1) is 0 Å². The first-order chi connectivity index (χ1) is 9.55. The van der Waals surface area contributed by atoms with E-state index in [9.17, 15) is 8.42 Å². The van der Waals surface area contributed by atoms with Crippen LogP contribution in [0.4, 0.5) is 0 Å². The third kappa shape index (κ3) is 3.71. The van der Waals surface area contributed by atoms with Gasteiger partial charge in [0, 0.05) is 32.2 Å². The van der Waals surface area contributed by atoms with Crippen molar-refractivity contribution >= 4 is 10.2 Å². The Morgan fingerprint density at radius 1 is 1.15 bits per heavy atom. The molecule has 2 heterocycles. The normalized spacial score (nSPS) is 27.8. The van der Waals surface area contributed by atoms with Crippen LogP contribution in [0.1, 0.15) is 39.0 Å². The van der Waals surface area contributed by atoms with Crippen LogP contribution in [0.3, 0.4) is 0 Å². The van der Waals surface area contributed by atoms with Crippen LogP contribution in [0, 0.1) is 0 Å². The number of nitrogens with two attached hydrogens (primary N) is 1. The Bertz CT molecular complexity index is 394. The summed E-state index contributed by atoms with van der Waals surface area (Å²) >= 11 is 0. The van der Waals surface area contributed by atoms with Gasteiger partial charge in [0.15, 0.2) is 0 Å². The second-order valence-corrected chi connectivity index (χ2v) is 7.60. The molecule has 118 valence electrons. The molecular weight excluding hydrogens is 278 g/mol. The lowest BCUT2D eigenvalue weighted by Crippen LogP contribution is -2.52. The Hall–Kier alpha value is -0.210. The highest BCUT2D eigenvalue weighted by atomic mass is 32.2. The highest BCUT2D eigenvalue weighted by Gasteiger charge is 2.36. The average Bonchev–Trinajstić information content (AvgIpc) is 2.46. The van der Waals surface area contributed by atoms with E-state index in [1.807, 2.05) is 6.92 Å². The van der Waals surface area contributed by atoms with Gasteiger partial charge in [0.2, 0.25) is 0 Å². The standard InChI is InChI=1S/C13H27N3O3S/c1-12-4-2-3-8-16(12)20(17,18)15-9-5-13(6-10-15)19-11-7-14/h12-13H,2-11,14H2,1H3. The van der Waals surface area contributed by atoms with Crippen molar-refractivity contribution < 1.29 is 13.2 Å². The van der Waals surface area contributed by atoms with E-state index in [2.05, 4.69) is 0 Å². The van der Waals surface area contributed by atoms with Gasteiger partial charge in [0.1, 0.15) is 0 Å². The molecule has 1 unspecified atom stereocenters. The van der Waals surface area contributed by atoms with Gasteiger partial charge in [-0.2, -0.15) is 17.0 Å². The molecule has 7 heteroatoms. The van der Waals surface area contributed by atoms with E-state index in [4.69, 9.17) is 10.5 Å². The highest BCUT2D eigenvalue weighted by molar-refractivity contribution is 7.86. The van der Waals surface area contributed by atoms with E-state index < -0.39 is 10.2 Å². The predicted molar refractivity (Wildman–Crippen MR) is 78.5 cm³/mol. The van der Waals surface area contributed by atoms with Gasteiger partial charge >= 0.3 is 0 Å². The summed E-state index contributed by atoms with van der Waals surface area (Å²) in [7, 11) is -3.29. The minimum absolute atomic E-state index is 0.125. The van der Waals surface area contributed by atoms with Crippen molar-refractivity contribution in [2.24, 2.45) is 5.73 Å². The van der Waals surface area contributed by atoms with Crippen molar-refractivity contribution in [1.29, 1.82) is 0 Å². The van der Waals surface area contributed by atoms with Gasteiger partial charge in [-0.3, -0.25) is 0 Å². The van der Waals surface area contributed by atoms with Gasteiger partial charge < -0.3 is 10.5 Å². The van der Waals surface area contributed by atoms with Crippen molar-refractivity contribution in [3.63, 3.8) is 0 Å². The monoisotopic (exact) mass is 305 g/mol. The van der Waals surface area contributed by atoms with Crippen molar-refractivity contribution in [3.05, 3.63) is 0 Å². The molecule has 0 aromatic rings. The van der Waals surface area contributed by atoms with E-state index in [1.165, 1.54) is 0 Å². The van der Waals surface area contributed by atoms with Crippen LogP contribution in [0.2, 0.25) is 0 Å². The zero-order chi connectivity index (χ0) is 14.6. The summed E-state index contributed by atoms with van der Waals surface area (Å²) < 4.78 is 34.2. The third-order valence-corrected chi connectivity index (χ3v) is 6.39. The fourth-order valence-electron chi connectivity index (χ4n) is 3.03. The van der Waals surface area contributed by atoms with Crippen molar-refractivity contribution in [2.75, 3.05) is 32.8 Å². The van der Waals surface area contributed by atoms with Gasteiger partial charge in [-0.05, 0) is 32.6 Å². The minimum atomic E-state index is -3.29. The van der Waals surface area contributed by atoms with Gasteiger partial charge in [0.05, 0.1) is 12.7 Å². The first-order valence-electron chi connectivity index (χ1n) is 7.64. The molecule has 2 N–H and O–H groups in total. The molecule has 0 spiro atoms. The molecule has 20 heavy (non-hydrogen) atoms. The Morgan fingerprint density at radius 2 is 1.85 bits per heavy atom. The zero-order valence-corrected chi connectivity index (χ0v) is 13.1. The number of ether oxygens (including phenoxy) is 1. The minimum Gasteiger partial charge on any atom is -0.377 e. The lowest BCUT2D eigenvalue weighted by molar-refractivity contribution is 0.0245. The van der Waals surface area contributed by atoms with Crippen LogP contribution < -0.4 is 5.73 Å². The topological polar surface area (TPSA) is 75.9 Å². The van der Waals surface area contributed by atoms with E-state index >= 15 is 0 Å². The summed E-state index contributed by atoms with van der Waals surface area (Å²) in [5.41, 5.74) is 5.42. The van der Waals surface area contributed by atoms with Gasteiger partial charge in [-0.25, -0.2) is 0 Å². The van der Waals surface area contributed by atoms with E-state index in [0.29, 0.717) is 32.8 Å². The Kier molecular flexibility index (Phi) is 5.80. The van der Waals surface area contributed by atoms with Gasteiger partial charge in [-0.1, -0.05) is 6.42 Å². The molecule has 0 aliphatic carbocycles. The van der Waals surface area contributed by atoms with Crippen LogP contribution >= 0.6 is 0 Å².